The molecule has 0 saturated carbocycles. The molecule has 0 aromatic heterocycles. The molecule has 0 bridgehead atoms. The average molecular weight is 273 g/mol. The highest BCUT2D eigenvalue weighted by atomic mass is 35.5. The van der Waals surface area contributed by atoms with Crippen LogP contribution in [-0.2, 0) is 6.42 Å². The van der Waals surface area contributed by atoms with Crippen molar-refractivity contribution in [1.29, 1.82) is 0 Å². The van der Waals surface area contributed by atoms with E-state index in [2.05, 4.69) is 0 Å². The fourth-order valence-electron chi connectivity index (χ4n) is 2.29. The van der Waals surface area contributed by atoms with Crippen molar-refractivity contribution in [1.82, 2.24) is 0 Å². The Hall–Kier alpha value is -1.60. The summed E-state index contributed by atoms with van der Waals surface area (Å²) in [4.78, 5) is 12.3. The summed E-state index contributed by atoms with van der Waals surface area (Å²) in [5, 5.41) is 0.727. The quantitative estimate of drug-likeness (QED) is 0.733. The molecule has 0 spiro atoms. The Kier molecular flexibility index (Phi) is 4.39. The number of carbonyl (C=O) groups is 1. The number of benzene rings is 2. The molecule has 1 nitrogen and oxygen atoms in total. The second kappa shape index (κ2) is 6.03. The second-order valence-corrected chi connectivity index (χ2v) is 5.25. The lowest BCUT2D eigenvalue weighted by Gasteiger charge is -2.08. The molecule has 0 atom stereocenters. The maximum absolute atomic E-state index is 12.3. The Morgan fingerprint density at radius 3 is 2.16 bits per heavy atom. The molecular weight excluding hydrogens is 256 g/mol. The van der Waals surface area contributed by atoms with Crippen molar-refractivity contribution >= 4 is 17.4 Å². The van der Waals surface area contributed by atoms with Crippen LogP contribution < -0.4 is 0 Å². The standard InChI is InChI=1S/C17H17ClO/c1-12-4-3-5-13(2)17(12)16(19)11-8-14-6-9-15(18)10-7-14/h3-7,9-10H,8,11H2,1-2H3. The molecule has 0 radical (unpaired) electrons. The van der Waals surface area contributed by atoms with E-state index in [1.54, 1.807) is 0 Å². The molecule has 0 amide bonds. The van der Waals surface area contributed by atoms with Gasteiger partial charge in [-0.2, -0.15) is 0 Å². The zero-order valence-corrected chi connectivity index (χ0v) is 12.0. The van der Waals surface area contributed by atoms with Gasteiger partial charge in [0.05, 0.1) is 0 Å². The third-order valence-corrected chi connectivity index (χ3v) is 3.57. The van der Waals surface area contributed by atoms with Gasteiger partial charge in [-0.1, -0.05) is 41.9 Å². The topological polar surface area (TPSA) is 17.1 Å². The molecular formula is C17H17ClO. The van der Waals surface area contributed by atoms with Crippen LogP contribution in [0, 0.1) is 13.8 Å². The number of aryl methyl sites for hydroxylation is 3. The SMILES string of the molecule is Cc1cccc(C)c1C(=O)CCc1ccc(Cl)cc1. The highest BCUT2D eigenvalue weighted by Gasteiger charge is 2.11. The first-order valence-electron chi connectivity index (χ1n) is 6.42. The fourth-order valence-corrected chi connectivity index (χ4v) is 2.41. The van der Waals surface area contributed by atoms with E-state index in [1.807, 2.05) is 56.3 Å². The molecule has 0 N–H and O–H groups in total. The Morgan fingerprint density at radius 1 is 1.00 bits per heavy atom. The van der Waals surface area contributed by atoms with Gasteiger partial charge in [-0.15, -0.1) is 0 Å². The molecule has 0 saturated heterocycles. The number of Topliss-reactive ketones (excluding diaryl/α,β-unsaturated/α-hetero) is 1. The minimum Gasteiger partial charge on any atom is -0.294 e. The summed E-state index contributed by atoms with van der Waals surface area (Å²) in [6.07, 6.45) is 1.29. The molecule has 0 aliphatic rings. The maximum atomic E-state index is 12.3. The number of rotatable bonds is 4. The molecule has 0 aliphatic heterocycles. The first kappa shape index (κ1) is 13.8. The zero-order chi connectivity index (χ0) is 13.8. The van der Waals surface area contributed by atoms with Gasteiger partial charge in [-0.3, -0.25) is 4.79 Å². The maximum Gasteiger partial charge on any atom is 0.163 e. The van der Waals surface area contributed by atoms with Crippen LogP contribution in [0.25, 0.3) is 0 Å². The van der Waals surface area contributed by atoms with Crippen LogP contribution in [0.1, 0.15) is 33.5 Å². The Labute approximate surface area is 119 Å². The number of halogens is 1. The normalized spacial score (nSPS) is 10.5. The molecule has 0 heterocycles. The van der Waals surface area contributed by atoms with Gasteiger partial charge in [0.25, 0.3) is 0 Å². The van der Waals surface area contributed by atoms with E-state index < -0.39 is 0 Å². The average Bonchev–Trinajstić information content (AvgIpc) is 2.38. The van der Waals surface area contributed by atoms with E-state index in [0.29, 0.717) is 6.42 Å². The van der Waals surface area contributed by atoms with E-state index in [4.69, 9.17) is 11.6 Å². The van der Waals surface area contributed by atoms with Crippen LogP contribution >= 0.6 is 11.6 Å². The lowest BCUT2D eigenvalue weighted by Crippen LogP contribution is -2.05. The molecule has 19 heavy (non-hydrogen) atoms. The number of ketones is 1. The number of hydrogen-bond donors (Lipinski definition) is 0. The van der Waals surface area contributed by atoms with Crippen LogP contribution in [0.4, 0.5) is 0 Å². The Morgan fingerprint density at radius 2 is 1.58 bits per heavy atom. The van der Waals surface area contributed by atoms with Crippen LogP contribution in [0.15, 0.2) is 42.5 Å². The van der Waals surface area contributed by atoms with Crippen molar-refractivity contribution in [3.8, 4) is 0 Å². The van der Waals surface area contributed by atoms with Crippen molar-refractivity contribution in [3.05, 3.63) is 69.7 Å². The van der Waals surface area contributed by atoms with Gasteiger partial charge in [-0.25, -0.2) is 0 Å². The number of hydrogen-bond acceptors (Lipinski definition) is 1. The van der Waals surface area contributed by atoms with E-state index >= 15 is 0 Å². The Bertz CT molecular complexity index is 564. The molecule has 0 fully saturated rings. The van der Waals surface area contributed by atoms with E-state index in [0.717, 1.165) is 33.7 Å². The summed E-state index contributed by atoms with van der Waals surface area (Å²) in [6, 6.07) is 13.6. The molecule has 0 aliphatic carbocycles. The van der Waals surface area contributed by atoms with Crippen molar-refractivity contribution in [2.45, 2.75) is 26.7 Å². The summed E-state index contributed by atoms with van der Waals surface area (Å²) in [5.41, 5.74) is 4.13. The molecule has 2 rings (SSSR count). The number of carbonyl (C=O) groups excluding carboxylic acids is 1. The van der Waals surface area contributed by atoms with Crippen molar-refractivity contribution in [2.75, 3.05) is 0 Å². The second-order valence-electron chi connectivity index (χ2n) is 4.82. The monoisotopic (exact) mass is 272 g/mol. The predicted molar refractivity (Wildman–Crippen MR) is 80.0 cm³/mol. The smallest absolute Gasteiger partial charge is 0.163 e. The highest BCUT2D eigenvalue weighted by Crippen LogP contribution is 2.17. The van der Waals surface area contributed by atoms with Gasteiger partial charge < -0.3 is 0 Å². The summed E-state index contributed by atoms with van der Waals surface area (Å²) < 4.78 is 0. The Balaban J connectivity index is 2.07. The van der Waals surface area contributed by atoms with Crippen molar-refractivity contribution in [3.63, 3.8) is 0 Å². The van der Waals surface area contributed by atoms with Gasteiger partial charge in [0, 0.05) is 17.0 Å². The fraction of sp³-hybridized carbons (Fsp3) is 0.235. The third kappa shape index (κ3) is 3.45. The lowest BCUT2D eigenvalue weighted by molar-refractivity contribution is 0.0981. The predicted octanol–water partition coefficient (Wildman–Crippen LogP) is 4.77. The first-order valence-corrected chi connectivity index (χ1v) is 6.79. The van der Waals surface area contributed by atoms with E-state index in [9.17, 15) is 4.79 Å². The summed E-state index contributed by atoms with van der Waals surface area (Å²) in [6.45, 7) is 3.98. The van der Waals surface area contributed by atoms with Gasteiger partial charge in [0.15, 0.2) is 5.78 Å². The lowest BCUT2D eigenvalue weighted by atomic mass is 9.95. The molecule has 2 aromatic rings. The minimum atomic E-state index is 0.213. The van der Waals surface area contributed by atoms with E-state index in [1.165, 1.54) is 0 Å². The summed E-state index contributed by atoms with van der Waals surface area (Å²) >= 11 is 5.84. The molecule has 0 unspecified atom stereocenters. The van der Waals surface area contributed by atoms with Gasteiger partial charge in [0.2, 0.25) is 0 Å². The molecule has 98 valence electrons. The largest absolute Gasteiger partial charge is 0.294 e. The van der Waals surface area contributed by atoms with Crippen LogP contribution in [-0.4, -0.2) is 5.78 Å². The summed E-state index contributed by atoms with van der Waals surface area (Å²) in [5.74, 6) is 0.213. The van der Waals surface area contributed by atoms with Crippen LogP contribution in [0.2, 0.25) is 5.02 Å². The molecule has 2 aromatic carbocycles. The van der Waals surface area contributed by atoms with Crippen LogP contribution in [0.5, 0.6) is 0 Å². The first-order chi connectivity index (χ1) is 9.08. The van der Waals surface area contributed by atoms with Crippen molar-refractivity contribution in [2.24, 2.45) is 0 Å². The third-order valence-electron chi connectivity index (χ3n) is 3.31. The molecule has 2 heteroatoms. The van der Waals surface area contributed by atoms with Crippen LogP contribution in [0.3, 0.4) is 0 Å². The zero-order valence-electron chi connectivity index (χ0n) is 11.2. The minimum absolute atomic E-state index is 0.213. The van der Waals surface area contributed by atoms with Gasteiger partial charge >= 0.3 is 0 Å². The van der Waals surface area contributed by atoms with Gasteiger partial charge in [-0.05, 0) is 49.1 Å². The van der Waals surface area contributed by atoms with Crippen molar-refractivity contribution < 1.29 is 4.79 Å². The van der Waals surface area contributed by atoms with E-state index in [-0.39, 0.29) is 5.78 Å². The summed E-state index contributed by atoms with van der Waals surface area (Å²) in [7, 11) is 0. The van der Waals surface area contributed by atoms with Gasteiger partial charge in [0.1, 0.15) is 0 Å². The highest BCUT2D eigenvalue weighted by molar-refractivity contribution is 6.30.